The second kappa shape index (κ2) is 6.92. The predicted octanol–water partition coefficient (Wildman–Crippen LogP) is 2.87. The van der Waals surface area contributed by atoms with Crippen molar-refractivity contribution in [1.29, 1.82) is 0 Å². The Balaban J connectivity index is 1.93. The molecule has 0 fully saturated rings. The maximum atomic E-state index is 12.1. The summed E-state index contributed by atoms with van der Waals surface area (Å²) in [4.78, 5) is 16.6. The van der Waals surface area contributed by atoms with Gasteiger partial charge < -0.3 is 5.32 Å². The lowest BCUT2D eigenvalue weighted by Gasteiger charge is -2.06. The molecule has 0 aliphatic rings. The predicted molar refractivity (Wildman–Crippen MR) is 87.3 cm³/mol. The molecule has 1 amide bonds. The molecule has 2 aromatic rings. The third kappa shape index (κ3) is 3.85. The van der Waals surface area contributed by atoms with Crippen LogP contribution in [-0.2, 0) is 13.5 Å². The fourth-order valence-corrected chi connectivity index (χ4v) is 2.21. The van der Waals surface area contributed by atoms with Gasteiger partial charge in [-0.3, -0.25) is 9.48 Å². The first-order valence-electron chi connectivity index (χ1n) is 7.32. The third-order valence-electron chi connectivity index (χ3n) is 3.45. The summed E-state index contributed by atoms with van der Waals surface area (Å²) in [6, 6.07) is 5.30. The highest BCUT2D eigenvalue weighted by molar-refractivity contribution is 6.31. The van der Waals surface area contributed by atoms with E-state index in [2.05, 4.69) is 29.2 Å². The van der Waals surface area contributed by atoms with E-state index >= 15 is 0 Å². The van der Waals surface area contributed by atoms with Gasteiger partial charge in [0.15, 0.2) is 5.82 Å². The number of aromatic nitrogens is 3. The normalized spacial score (nSPS) is 11.0. The number of carbonyl (C=O) groups is 1. The molecule has 118 valence electrons. The van der Waals surface area contributed by atoms with E-state index < -0.39 is 0 Å². The first kappa shape index (κ1) is 16.5. The van der Waals surface area contributed by atoms with E-state index in [0.717, 1.165) is 17.2 Å². The minimum absolute atomic E-state index is 0.131. The number of hydrogen-bond acceptors (Lipinski definition) is 3. The van der Waals surface area contributed by atoms with Crippen molar-refractivity contribution in [3.63, 3.8) is 0 Å². The molecule has 5 nitrogen and oxygen atoms in total. The second-order valence-electron chi connectivity index (χ2n) is 5.63. The number of rotatable bonds is 5. The Hall–Kier alpha value is -1.88. The van der Waals surface area contributed by atoms with E-state index in [1.54, 1.807) is 16.8 Å². The number of halogens is 1. The Morgan fingerprint density at radius 1 is 1.41 bits per heavy atom. The van der Waals surface area contributed by atoms with Crippen molar-refractivity contribution in [3.8, 4) is 0 Å². The molecule has 1 heterocycles. The molecule has 1 N–H and O–H groups in total. The van der Waals surface area contributed by atoms with Crippen molar-refractivity contribution in [1.82, 2.24) is 20.1 Å². The van der Waals surface area contributed by atoms with Gasteiger partial charge in [-0.25, -0.2) is 4.98 Å². The Morgan fingerprint density at radius 3 is 2.73 bits per heavy atom. The summed E-state index contributed by atoms with van der Waals surface area (Å²) < 4.78 is 1.77. The molecule has 1 aromatic heterocycles. The number of benzene rings is 1. The van der Waals surface area contributed by atoms with Crippen LogP contribution in [0.5, 0.6) is 0 Å². The fourth-order valence-electron chi connectivity index (χ4n) is 2.02. The van der Waals surface area contributed by atoms with Crippen LogP contribution in [0.2, 0.25) is 5.02 Å². The van der Waals surface area contributed by atoms with Crippen LogP contribution in [-0.4, -0.2) is 27.2 Å². The zero-order chi connectivity index (χ0) is 16.3. The maximum Gasteiger partial charge on any atom is 0.251 e. The highest BCUT2D eigenvalue weighted by atomic mass is 35.5. The Labute approximate surface area is 135 Å². The molecule has 0 atom stereocenters. The molecule has 0 saturated carbocycles. The van der Waals surface area contributed by atoms with Crippen molar-refractivity contribution in [2.24, 2.45) is 7.05 Å². The first-order valence-corrected chi connectivity index (χ1v) is 7.70. The molecule has 0 unspecified atom stereocenters. The topological polar surface area (TPSA) is 59.8 Å². The molecule has 2 rings (SSSR count). The number of amides is 1. The highest BCUT2D eigenvalue weighted by Gasteiger charge is 2.11. The minimum atomic E-state index is -0.131. The van der Waals surface area contributed by atoms with Gasteiger partial charge in [0, 0.05) is 36.5 Å². The first-order chi connectivity index (χ1) is 10.4. The number of nitrogens with zero attached hydrogens (tertiary/aromatic N) is 3. The van der Waals surface area contributed by atoms with Gasteiger partial charge in [-0.05, 0) is 24.6 Å². The summed E-state index contributed by atoms with van der Waals surface area (Å²) in [6.45, 7) is 6.53. The lowest BCUT2D eigenvalue weighted by Crippen LogP contribution is -2.26. The molecule has 0 saturated heterocycles. The minimum Gasteiger partial charge on any atom is -0.352 e. The van der Waals surface area contributed by atoms with Crippen LogP contribution in [0.4, 0.5) is 0 Å². The monoisotopic (exact) mass is 320 g/mol. The molecular weight excluding hydrogens is 300 g/mol. The van der Waals surface area contributed by atoms with Crippen LogP contribution in [0.25, 0.3) is 0 Å². The van der Waals surface area contributed by atoms with Crippen LogP contribution in [0.1, 0.15) is 47.3 Å². The summed E-state index contributed by atoms with van der Waals surface area (Å²) in [6.07, 6.45) is 0.640. The van der Waals surface area contributed by atoms with Crippen LogP contribution < -0.4 is 5.32 Å². The van der Waals surface area contributed by atoms with Crippen molar-refractivity contribution in [2.45, 2.75) is 33.1 Å². The summed E-state index contributed by atoms with van der Waals surface area (Å²) in [5.41, 5.74) is 1.52. The molecule has 0 aliphatic carbocycles. The number of carbonyl (C=O) groups excluding carboxylic acids is 1. The number of hydrogen-bond donors (Lipinski definition) is 1. The van der Waals surface area contributed by atoms with E-state index in [1.807, 2.05) is 20.0 Å². The van der Waals surface area contributed by atoms with Crippen molar-refractivity contribution in [2.75, 3.05) is 6.54 Å². The van der Waals surface area contributed by atoms with Gasteiger partial charge in [-0.2, -0.15) is 5.10 Å². The van der Waals surface area contributed by atoms with Crippen molar-refractivity contribution < 1.29 is 4.79 Å². The molecule has 0 bridgehead atoms. The lowest BCUT2D eigenvalue weighted by atomic mass is 10.1. The molecule has 6 heteroatoms. The Morgan fingerprint density at radius 2 is 2.14 bits per heavy atom. The molecule has 1 aromatic carbocycles. The Bertz CT molecular complexity index is 679. The average molecular weight is 321 g/mol. The second-order valence-corrected chi connectivity index (χ2v) is 6.04. The largest absolute Gasteiger partial charge is 0.352 e. The SMILES string of the molecule is Cc1ccc(C(=O)NCCc2nc(C(C)C)nn2C)cc1Cl. The van der Waals surface area contributed by atoms with Gasteiger partial charge in [0.05, 0.1) is 0 Å². The van der Waals surface area contributed by atoms with Crippen LogP contribution in [0.15, 0.2) is 18.2 Å². The quantitative estimate of drug-likeness (QED) is 0.921. The summed E-state index contributed by atoms with van der Waals surface area (Å²) in [7, 11) is 1.87. The highest BCUT2D eigenvalue weighted by Crippen LogP contribution is 2.16. The van der Waals surface area contributed by atoms with E-state index in [0.29, 0.717) is 29.5 Å². The zero-order valence-electron chi connectivity index (χ0n) is 13.4. The van der Waals surface area contributed by atoms with Gasteiger partial charge in [-0.1, -0.05) is 31.5 Å². The van der Waals surface area contributed by atoms with Gasteiger partial charge in [0.2, 0.25) is 0 Å². The van der Waals surface area contributed by atoms with E-state index in [4.69, 9.17) is 11.6 Å². The van der Waals surface area contributed by atoms with Crippen LogP contribution in [0, 0.1) is 6.92 Å². The summed E-state index contributed by atoms with van der Waals surface area (Å²) in [5.74, 6) is 1.86. The molecule has 0 aliphatic heterocycles. The van der Waals surface area contributed by atoms with E-state index in [1.165, 1.54) is 0 Å². The molecular formula is C16H21ClN4O. The average Bonchev–Trinajstić information content (AvgIpc) is 2.83. The van der Waals surface area contributed by atoms with Gasteiger partial charge in [0.1, 0.15) is 5.82 Å². The smallest absolute Gasteiger partial charge is 0.251 e. The summed E-state index contributed by atoms with van der Waals surface area (Å²) >= 11 is 6.04. The summed E-state index contributed by atoms with van der Waals surface area (Å²) in [5, 5.41) is 7.84. The standard InChI is InChI=1S/C16H21ClN4O/c1-10(2)15-19-14(21(4)20-15)7-8-18-16(22)12-6-5-11(3)13(17)9-12/h5-6,9-10H,7-8H2,1-4H3,(H,18,22). The molecule has 0 radical (unpaired) electrons. The number of nitrogens with one attached hydrogen (secondary N) is 1. The zero-order valence-corrected chi connectivity index (χ0v) is 14.1. The van der Waals surface area contributed by atoms with E-state index in [9.17, 15) is 4.79 Å². The van der Waals surface area contributed by atoms with Crippen LogP contribution >= 0.6 is 11.6 Å². The maximum absolute atomic E-state index is 12.1. The van der Waals surface area contributed by atoms with Gasteiger partial charge in [0.25, 0.3) is 5.91 Å². The Kier molecular flexibility index (Phi) is 5.19. The van der Waals surface area contributed by atoms with Crippen LogP contribution in [0.3, 0.4) is 0 Å². The fraction of sp³-hybridized carbons (Fsp3) is 0.438. The molecule has 0 spiro atoms. The van der Waals surface area contributed by atoms with Gasteiger partial charge >= 0.3 is 0 Å². The third-order valence-corrected chi connectivity index (χ3v) is 3.86. The van der Waals surface area contributed by atoms with E-state index in [-0.39, 0.29) is 5.91 Å². The lowest BCUT2D eigenvalue weighted by molar-refractivity contribution is 0.0954. The van der Waals surface area contributed by atoms with Gasteiger partial charge in [-0.15, -0.1) is 0 Å². The molecule has 22 heavy (non-hydrogen) atoms. The van der Waals surface area contributed by atoms with Crippen molar-refractivity contribution in [3.05, 3.63) is 46.0 Å². The van der Waals surface area contributed by atoms with Crippen molar-refractivity contribution >= 4 is 17.5 Å². The number of aryl methyl sites for hydroxylation is 2.